The Hall–Kier alpha value is -3.20. The molecular formula is C26H36N3O7P. The average Bonchev–Trinajstić information content (AvgIpc) is 2.85. The minimum atomic E-state index is -4.69. The second-order valence-electron chi connectivity index (χ2n) is 8.81. The van der Waals surface area contributed by atoms with Crippen LogP contribution in [0.2, 0.25) is 0 Å². The van der Waals surface area contributed by atoms with E-state index < -0.39 is 31.2 Å². The molecular weight excluding hydrogens is 497 g/mol. The molecule has 0 saturated heterocycles. The largest absolute Gasteiger partial charge is 0.524 e. The zero-order valence-electron chi connectivity index (χ0n) is 21.4. The Bertz CT molecular complexity index is 1080. The van der Waals surface area contributed by atoms with Gasteiger partial charge in [-0.3, -0.25) is 24.2 Å². The first kappa shape index (κ1) is 30.0. The van der Waals surface area contributed by atoms with E-state index in [1.165, 1.54) is 24.6 Å². The van der Waals surface area contributed by atoms with Gasteiger partial charge in [-0.2, -0.15) is 0 Å². The lowest BCUT2D eigenvalue weighted by Gasteiger charge is -2.33. The van der Waals surface area contributed by atoms with Gasteiger partial charge in [0, 0.05) is 19.9 Å². The number of benzene rings is 2. The molecule has 2 aromatic carbocycles. The lowest BCUT2D eigenvalue weighted by molar-refractivity contribution is -0.135. The Morgan fingerprint density at radius 1 is 0.973 bits per heavy atom. The molecule has 5 N–H and O–H groups in total. The number of hydrogen-bond acceptors (Lipinski definition) is 5. The summed E-state index contributed by atoms with van der Waals surface area (Å²) in [6.45, 7) is 5.40. The van der Waals surface area contributed by atoms with Crippen molar-refractivity contribution in [3.63, 3.8) is 0 Å². The van der Waals surface area contributed by atoms with E-state index in [9.17, 15) is 18.9 Å². The first-order chi connectivity index (χ1) is 17.5. The van der Waals surface area contributed by atoms with Crippen molar-refractivity contribution in [2.75, 3.05) is 6.54 Å². The number of phosphoric ester groups is 1. The summed E-state index contributed by atoms with van der Waals surface area (Å²) >= 11 is 0. The predicted octanol–water partition coefficient (Wildman–Crippen LogP) is 2.63. The van der Waals surface area contributed by atoms with Crippen molar-refractivity contribution in [3.05, 3.63) is 65.7 Å². The second kappa shape index (κ2) is 13.9. The van der Waals surface area contributed by atoms with E-state index in [0.717, 1.165) is 12.8 Å². The van der Waals surface area contributed by atoms with Gasteiger partial charge in [0.15, 0.2) is 0 Å². The molecule has 11 heteroatoms. The highest BCUT2D eigenvalue weighted by Gasteiger charge is 2.38. The highest BCUT2D eigenvalue weighted by atomic mass is 31.2. The van der Waals surface area contributed by atoms with Gasteiger partial charge in [0.25, 0.3) is 0 Å². The normalized spacial score (nSPS) is 12.4. The number of hydrogen-bond donors (Lipinski definition) is 5. The standard InChI is InChI=1S/C26H36N3O7P/c1-4-26(5-2,25(32)27-17-9-12-20-10-7-6-8-11-20)29-24(31)23(28-19(3)30)18-21-13-15-22(16-14-21)36-37(33,34)35/h6-8,10-11,13-16,23H,4-5,9,12,17-18H2,1-3H3,(H,27,32)(H,28,30)(H,29,31)(H2,33,34,35)/t23-/m0/s1. The number of amides is 3. The quantitative estimate of drug-likeness (QED) is 0.185. The third kappa shape index (κ3) is 9.99. The Labute approximate surface area is 217 Å². The van der Waals surface area contributed by atoms with E-state index in [0.29, 0.717) is 24.9 Å². The number of carbonyl (C=O) groups is 3. The highest BCUT2D eigenvalue weighted by Crippen LogP contribution is 2.37. The van der Waals surface area contributed by atoms with Gasteiger partial charge in [0.05, 0.1) is 0 Å². The molecule has 0 saturated carbocycles. The van der Waals surface area contributed by atoms with Crippen molar-refractivity contribution in [1.29, 1.82) is 0 Å². The summed E-state index contributed by atoms with van der Waals surface area (Å²) < 4.78 is 15.5. The Morgan fingerprint density at radius 3 is 2.14 bits per heavy atom. The Kier molecular flexibility index (Phi) is 11.3. The van der Waals surface area contributed by atoms with Crippen molar-refractivity contribution in [1.82, 2.24) is 16.0 Å². The molecule has 0 radical (unpaired) electrons. The summed E-state index contributed by atoms with van der Waals surface area (Å²) in [4.78, 5) is 56.1. The minimum absolute atomic E-state index is 0.0301. The summed E-state index contributed by atoms with van der Waals surface area (Å²) in [6, 6.07) is 14.8. The van der Waals surface area contributed by atoms with Crippen LogP contribution in [0.4, 0.5) is 0 Å². The molecule has 0 aromatic heterocycles. The van der Waals surface area contributed by atoms with Crippen molar-refractivity contribution in [2.45, 2.75) is 64.5 Å². The lowest BCUT2D eigenvalue weighted by atomic mass is 9.90. The van der Waals surface area contributed by atoms with Crippen LogP contribution < -0.4 is 20.5 Å². The van der Waals surface area contributed by atoms with Gasteiger partial charge < -0.3 is 20.5 Å². The molecule has 0 heterocycles. The van der Waals surface area contributed by atoms with Gasteiger partial charge in [-0.15, -0.1) is 0 Å². The smallest absolute Gasteiger partial charge is 0.404 e. The third-order valence-electron chi connectivity index (χ3n) is 6.06. The van der Waals surface area contributed by atoms with E-state index in [1.54, 1.807) is 12.1 Å². The van der Waals surface area contributed by atoms with Crippen LogP contribution in [0.5, 0.6) is 5.75 Å². The molecule has 1 atom stereocenters. The molecule has 0 unspecified atom stereocenters. The fraction of sp³-hybridized carbons (Fsp3) is 0.423. The Balaban J connectivity index is 2.05. The molecule has 0 aliphatic heterocycles. The summed E-state index contributed by atoms with van der Waals surface area (Å²) in [5, 5.41) is 8.42. The van der Waals surface area contributed by atoms with Crippen LogP contribution in [0, 0.1) is 0 Å². The van der Waals surface area contributed by atoms with Gasteiger partial charge >= 0.3 is 7.82 Å². The van der Waals surface area contributed by atoms with Crippen molar-refractivity contribution in [2.24, 2.45) is 0 Å². The van der Waals surface area contributed by atoms with Crippen LogP contribution in [-0.2, 0) is 31.8 Å². The van der Waals surface area contributed by atoms with Crippen LogP contribution in [0.1, 0.15) is 51.2 Å². The van der Waals surface area contributed by atoms with Crippen LogP contribution in [-0.4, -0.2) is 45.6 Å². The predicted molar refractivity (Wildman–Crippen MR) is 140 cm³/mol. The monoisotopic (exact) mass is 533 g/mol. The SMILES string of the molecule is CCC(CC)(NC(=O)[C@H](Cc1ccc(OP(=O)(O)O)cc1)NC(C)=O)C(=O)NCCCc1ccccc1. The van der Waals surface area contributed by atoms with Crippen molar-refractivity contribution >= 4 is 25.5 Å². The van der Waals surface area contributed by atoms with Crippen LogP contribution in [0.3, 0.4) is 0 Å². The number of carbonyl (C=O) groups excluding carboxylic acids is 3. The fourth-order valence-corrected chi connectivity index (χ4v) is 4.35. The van der Waals surface area contributed by atoms with Gasteiger partial charge in [-0.05, 0) is 48.9 Å². The van der Waals surface area contributed by atoms with E-state index in [4.69, 9.17) is 9.79 Å². The topological polar surface area (TPSA) is 154 Å². The molecule has 2 rings (SSSR count). The highest BCUT2D eigenvalue weighted by molar-refractivity contribution is 7.46. The van der Waals surface area contributed by atoms with Crippen LogP contribution >= 0.6 is 7.82 Å². The van der Waals surface area contributed by atoms with Crippen molar-refractivity contribution < 1.29 is 33.3 Å². The van der Waals surface area contributed by atoms with Crippen LogP contribution in [0.15, 0.2) is 54.6 Å². The van der Waals surface area contributed by atoms with Gasteiger partial charge in [-0.1, -0.05) is 56.3 Å². The average molecular weight is 534 g/mol. The maximum Gasteiger partial charge on any atom is 0.524 e. The Morgan fingerprint density at radius 2 is 1.59 bits per heavy atom. The fourth-order valence-electron chi connectivity index (χ4n) is 3.95. The van der Waals surface area contributed by atoms with Gasteiger partial charge in [-0.25, -0.2) is 4.57 Å². The van der Waals surface area contributed by atoms with E-state index in [2.05, 4.69) is 20.5 Å². The summed E-state index contributed by atoms with van der Waals surface area (Å²) in [5.74, 6) is -1.23. The van der Waals surface area contributed by atoms with Crippen molar-refractivity contribution in [3.8, 4) is 5.75 Å². The first-order valence-electron chi connectivity index (χ1n) is 12.2. The molecule has 202 valence electrons. The van der Waals surface area contributed by atoms with Gasteiger partial charge in [0.1, 0.15) is 17.3 Å². The zero-order valence-corrected chi connectivity index (χ0v) is 22.3. The van der Waals surface area contributed by atoms with Gasteiger partial charge in [0.2, 0.25) is 17.7 Å². The van der Waals surface area contributed by atoms with E-state index >= 15 is 0 Å². The zero-order chi connectivity index (χ0) is 27.5. The molecule has 37 heavy (non-hydrogen) atoms. The molecule has 10 nitrogen and oxygen atoms in total. The number of phosphoric acid groups is 1. The summed E-state index contributed by atoms with van der Waals surface area (Å²) in [7, 11) is -4.69. The number of aryl methyl sites for hydroxylation is 1. The molecule has 0 fully saturated rings. The summed E-state index contributed by atoms with van der Waals surface area (Å²) in [6.07, 6.45) is 2.40. The number of rotatable bonds is 14. The maximum absolute atomic E-state index is 13.3. The lowest BCUT2D eigenvalue weighted by Crippen LogP contribution is -2.62. The first-order valence-corrected chi connectivity index (χ1v) is 13.8. The summed E-state index contributed by atoms with van der Waals surface area (Å²) in [5.41, 5.74) is 0.666. The molecule has 0 aliphatic carbocycles. The molecule has 3 amide bonds. The molecule has 2 aromatic rings. The van der Waals surface area contributed by atoms with E-state index in [1.807, 2.05) is 44.2 Å². The second-order valence-corrected chi connectivity index (χ2v) is 9.97. The number of nitrogens with one attached hydrogen (secondary N) is 3. The minimum Gasteiger partial charge on any atom is -0.404 e. The van der Waals surface area contributed by atoms with E-state index in [-0.39, 0.29) is 18.1 Å². The molecule has 0 aliphatic rings. The molecule has 0 spiro atoms. The van der Waals surface area contributed by atoms with Crippen LogP contribution in [0.25, 0.3) is 0 Å². The molecule has 0 bridgehead atoms. The third-order valence-corrected chi connectivity index (χ3v) is 6.50. The maximum atomic E-state index is 13.3.